The summed E-state index contributed by atoms with van der Waals surface area (Å²) in [6.07, 6.45) is 2.91. The summed E-state index contributed by atoms with van der Waals surface area (Å²) in [6, 6.07) is 0.339. The Balaban J connectivity index is 1.77. The van der Waals surface area contributed by atoms with Crippen molar-refractivity contribution in [3.63, 3.8) is 0 Å². The molecule has 1 saturated heterocycles. The van der Waals surface area contributed by atoms with Crippen LogP contribution in [0.25, 0.3) is 10.9 Å². The molecule has 3 heterocycles. The molecule has 4 nitrogen and oxygen atoms in total. The minimum absolute atomic E-state index is 0.0182. The molecule has 3 atom stereocenters. The maximum atomic E-state index is 14.7. The first-order valence-electron chi connectivity index (χ1n) is 8.17. The molecule has 5 rings (SSSR count). The molecule has 22 heavy (non-hydrogen) atoms. The van der Waals surface area contributed by atoms with Gasteiger partial charge in [0.25, 0.3) is 0 Å². The van der Waals surface area contributed by atoms with Crippen LogP contribution in [0.15, 0.2) is 0 Å². The Bertz CT molecular complexity index is 772. The van der Waals surface area contributed by atoms with Gasteiger partial charge >= 0.3 is 0 Å². The Morgan fingerprint density at radius 1 is 1.32 bits per heavy atom. The second-order valence-electron chi connectivity index (χ2n) is 6.81. The van der Waals surface area contributed by atoms with Crippen molar-refractivity contribution in [1.82, 2.24) is 20.1 Å². The Kier molecular flexibility index (Phi) is 2.66. The van der Waals surface area contributed by atoms with Crippen LogP contribution in [0.2, 0.25) is 5.15 Å². The van der Waals surface area contributed by atoms with E-state index in [9.17, 15) is 4.39 Å². The molecule has 2 aromatic heterocycles. The number of piperidine rings is 1. The van der Waals surface area contributed by atoms with Crippen molar-refractivity contribution in [3.05, 3.63) is 22.4 Å². The smallest absolute Gasteiger partial charge is 0.186 e. The Labute approximate surface area is 133 Å². The van der Waals surface area contributed by atoms with Crippen molar-refractivity contribution in [3.8, 4) is 0 Å². The van der Waals surface area contributed by atoms with Crippen LogP contribution in [0.4, 0.5) is 4.39 Å². The highest BCUT2D eigenvalue weighted by atomic mass is 35.5. The van der Waals surface area contributed by atoms with E-state index in [1.807, 2.05) is 11.6 Å². The third kappa shape index (κ3) is 1.67. The zero-order chi connectivity index (χ0) is 15.0. The molecule has 3 fully saturated rings. The van der Waals surface area contributed by atoms with Crippen LogP contribution in [-0.2, 0) is 6.42 Å². The first kappa shape index (κ1) is 13.3. The molecule has 2 unspecified atom stereocenters. The van der Waals surface area contributed by atoms with Crippen LogP contribution in [0.3, 0.4) is 0 Å². The van der Waals surface area contributed by atoms with Crippen LogP contribution in [0, 0.1) is 17.7 Å². The molecule has 116 valence electrons. The van der Waals surface area contributed by atoms with Gasteiger partial charge in [-0.05, 0) is 44.2 Å². The number of pyridine rings is 1. The quantitative estimate of drug-likeness (QED) is 0.884. The zero-order valence-electron chi connectivity index (χ0n) is 12.4. The van der Waals surface area contributed by atoms with Crippen molar-refractivity contribution in [2.75, 3.05) is 13.1 Å². The van der Waals surface area contributed by atoms with Crippen LogP contribution < -0.4 is 5.32 Å². The predicted octanol–water partition coefficient (Wildman–Crippen LogP) is 3.05. The van der Waals surface area contributed by atoms with Gasteiger partial charge in [-0.3, -0.25) is 4.68 Å². The number of hydrogen-bond donors (Lipinski definition) is 1. The Hall–Kier alpha value is -1.20. The Morgan fingerprint density at radius 3 is 2.68 bits per heavy atom. The van der Waals surface area contributed by atoms with E-state index in [1.54, 1.807) is 0 Å². The molecule has 1 aliphatic heterocycles. The maximum absolute atomic E-state index is 14.7. The monoisotopic (exact) mass is 320 g/mol. The molecule has 1 N–H and O–H groups in total. The summed E-state index contributed by atoms with van der Waals surface area (Å²) in [5, 5.41) is 9.19. The van der Waals surface area contributed by atoms with Gasteiger partial charge in [-0.2, -0.15) is 5.10 Å². The first-order valence-corrected chi connectivity index (χ1v) is 8.55. The van der Waals surface area contributed by atoms with Gasteiger partial charge in [-0.15, -0.1) is 0 Å². The molecule has 0 radical (unpaired) electrons. The molecule has 0 aromatic carbocycles. The molecular weight excluding hydrogens is 303 g/mol. The van der Waals surface area contributed by atoms with Crippen molar-refractivity contribution in [2.24, 2.45) is 11.8 Å². The van der Waals surface area contributed by atoms with Gasteiger partial charge in [0.1, 0.15) is 5.52 Å². The van der Waals surface area contributed by atoms with Crippen molar-refractivity contribution < 1.29 is 4.39 Å². The fraction of sp³-hybridized carbons (Fsp3) is 0.625. The molecule has 0 spiro atoms. The highest BCUT2D eigenvalue weighted by molar-refractivity contribution is 6.30. The SMILES string of the molecule is CCc1nc(Cl)c(F)c2c1c(C1C3CNC[C@@H]31)nn2C1CC1. The average molecular weight is 321 g/mol. The summed E-state index contributed by atoms with van der Waals surface area (Å²) in [5.74, 6) is 1.39. The standard InChI is InChI=1S/C16H18ClFN4/c1-2-10-12-14(11-8-5-19-6-9(8)11)21-22(7-3-4-7)15(12)13(18)16(17)20-10/h7-9,11,19H,2-6H2,1H3/t8-,9?,11?/m0/s1. The minimum atomic E-state index is -0.400. The topological polar surface area (TPSA) is 42.7 Å². The molecule has 0 amide bonds. The van der Waals surface area contributed by atoms with Crippen LogP contribution in [-0.4, -0.2) is 27.9 Å². The van der Waals surface area contributed by atoms with E-state index in [2.05, 4.69) is 10.3 Å². The average Bonchev–Trinajstić information content (AvgIpc) is 3.40. The number of halogens is 2. The third-order valence-corrected chi connectivity index (χ3v) is 5.73. The van der Waals surface area contributed by atoms with Gasteiger partial charge in [0.15, 0.2) is 11.0 Å². The van der Waals surface area contributed by atoms with Crippen molar-refractivity contribution in [1.29, 1.82) is 0 Å². The van der Waals surface area contributed by atoms with E-state index >= 15 is 0 Å². The predicted molar refractivity (Wildman–Crippen MR) is 82.7 cm³/mol. The van der Waals surface area contributed by atoms with Crippen molar-refractivity contribution >= 4 is 22.5 Å². The molecule has 0 bridgehead atoms. The normalized spacial score (nSPS) is 30.0. The van der Waals surface area contributed by atoms with Gasteiger partial charge in [0.05, 0.1) is 17.4 Å². The lowest BCUT2D eigenvalue weighted by molar-refractivity contribution is 0.591. The molecule has 2 saturated carbocycles. The van der Waals surface area contributed by atoms with Gasteiger partial charge in [0.2, 0.25) is 0 Å². The summed E-state index contributed by atoms with van der Waals surface area (Å²) in [6.45, 7) is 4.15. The fourth-order valence-electron chi connectivity index (χ4n) is 4.16. The van der Waals surface area contributed by atoms with E-state index < -0.39 is 5.82 Å². The van der Waals surface area contributed by atoms with E-state index in [4.69, 9.17) is 16.7 Å². The number of rotatable bonds is 3. The second-order valence-corrected chi connectivity index (χ2v) is 7.17. The first-order chi connectivity index (χ1) is 10.7. The van der Waals surface area contributed by atoms with Crippen LogP contribution in [0.1, 0.15) is 43.1 Å². The molecule has 3 aliphatic rings. The molecule has 2 aliphatic carbocycles. The third-order valence-electron chi connectivity index (χ3n) is 5.48. The summed E-state index contributed by atoms with van der Waals surface area (Å²) >= 11 is 6.03. The number of nitrogens with zero attached hydrogens (tertiary/aromatic N) is 3. The van der Waals surface area contributed by atoms with E-state index in [1.165, 1.54) is 0 Å². The summed E-state index contributed by atoms with van der Waals surface area (Å²) in [7, 11) is 0. The zero-order valence-corrected chi connectivity index (χ0v) is 13.2. The highest BCUT2D eigenvalue weighted by Crippen LogP contribution is 2.57. The van der Waals surface area contributed by atoms with Crippen LogP contribution >= 0.6 is 11.6 Å². The lowest BCUT2D eigenvalue weighted by Gasteiger charge is -2.06. The second kappa shape index (κ2) is 4.42. The largest absolute Gasteiger partial charge is 0.316 e. The lowest BCUT2D eigenvalue weighted by atomic mass is 10.1. The molecule has 6 heteroatoms. The maximum Gasteiger partial charge on any atom is 0.186 e. The highest BCUT2D eigenvalue weighted by Gasteiger charge is 2.55. The number of aromatic nitrogens is 3. The number of nitrogens with one attached hydrogen (secondary N) is 1. The van der Waals surface area contributed by atoms with E-state index in [-0.39, 0.29) is 5.15 Å². The van der Waals surface area contributed by atoms with Gasteiger partial charge < -0.3 is 5.32 Å². The summed E-state index contributed by atoms with van der Waals surface area (Å²) in [4.78, 5) is 4.30. The van der Waals surface area contributed by atoms with Gasteiger partial charge in [0, 0.05) is 11.3 Å². The van der Waals surface area contributed by atoms with E-state index in [0.717, 1.165) is 49.1 Å². The number of hydrogen-bond acceptors (Lipinski definition) is 3. The number of aryl methyl sites for hydroxylation is 1. The summed E-state index contributed by atoms with van der Waals surface area (Å²) in [5.41, 5.74) is 2.55. The fourth-order valence-corrected chi connectivity index (χ4v) is 4.36. The van der Waals surface area contributed by atoms with Crippen molar-refractivity contribution in [2.45, 2.75) is 38.1 Å². The number of fused-ring (bicyclic) bond motifs is 2. The Morgan fingerprint density at radius 2 is 2.05 bits per heavy atom. The summed E-state index contributed by atoms with van der Waals surface area (Å²) < 4.78 is 16.6. The minimum Gasteiger partial charge on any atom is -0.316 e. The molecular formula is C16H18ClFN4. The van der Waals surface area contributed by atoms with Gasteiger partial charge in [-0.25, -0.2) is 9.37 Å². The van der Waals surface area contributed by atoms with Crippen LogP contribution in [0.5, 0.6) is 0 Å². The van der Waals surface area contributed by atoms with Gasteiger partial charge in [-0.1, -0.05) is 18.5 Å². The van der Waals surface area contributed by atoms with E-state index in [0.29, 0.717) is 29.3 Å². The lowest BCUT2D eigenvalue weighted by Crippen LogP contribution is -2.14. The molecule has 2 aromatic rings.